The summed E-state index contributed by atoms with van der Waals surface area (Å²) in [6.45, 7) is 5.08. The molecule has 2 fully saturated rings. The van der Waals surface area contributed by atoms with Gasteiger partial charge in [0.05, 0.1) is 6.61 Å². The molecule has 0 aliphatic carbocycles. The molecular formula is C23H36IN5O3. The van der Waals surface area contributed by atoms with E-state index in [4.69, 9.17) is 10.5 Å². The van der Waals surface area contributed by atoms with Crippen molar-refractivity contribution >= 4 is 41.9 Å². The summed E-state index contributed by atoms with van der Waals surface area (Å²) in [7, 11) is 0. The van der Waals surface area contributed by atoms with Gasteiger partial charge in [-0.1, -0.05) is 30.3 Å². The average molecular weight is 557 g/mol. The summed E-state index contributed by atoms with van der Waals surface area (Å²) in [5.41, 5.74) is 7.36. The Kier molecular flexibility index (Phi) is 11.1. The number of carbonyl (C=O) groups excluding carboxylic acids is 2. The number of hydrogen-bond donors (Lipinski definition) is 2. The minimum Gasteiger partial charge on any atom is -0.450 e. The van der Waals surface area contributed by atoms with Crippen LogP contribution in [0.25, 0.3) is 0 Å². The molecule has 2 heterocycles. The summed E-state index contributed by atoms with van der Waals surface area (Å²) in [6, 6.07) is 10.7. The Hall–Kier alpha value is -2.04. The maximum atomic E-state index is 12.5. The number of nitrogens with two attached hydrogens (primary N) is 1. The maximum absolute atomic E-state index is 12.5. The van der Waals surface area contributed by atoms with Crippen LogP contribution in [0.2, 0.25) is 0 Å². The van der Waals surface area contributed by atoms with Gasteiger partial charge in [-0.15, -0.1) is 24.0 Å². The van der Waals surface area contributed by atoms with E-state index >= 15 is 0 Å². The monoisotopic (exact) mass is 557 g/mol. The van der Waals surface area contributed by atoms with Gasteiger partial charge in [0.1, 0.15) is 6.54 Å². The predicted molar refractivity (Wildman–Crippen MR) is 136 cm³/mol. The minimum atomic E-state index is -0.263. The van der Waals surface area contributed by atoms with Gasteiger partial charge in [0.25, 0.3) is 0 Å². The molecule has 0 bridgehead atoms. The number of benzene rings is 1. The smallest absolute Gasteiger partial charge is 0.409 e. The number of aliphatic imine (C=N–C) groups is 1. The van der Waals surface area contributed by atoms with Crippen LogP contribution in [0.15, 0.2) is 35.3 Å². The Morgan fingerprint density at radius 1 is 1.06 bits per heavy atom. The molecule has 0 aromatic heterocycles. The van der Waals surface area contributed by atoms with E-state index in [0.29, 0.717) is 31.6 Å². The molecule has 32 heavy (non-hydrogen) atoms. The zero-order valence-corrected chi connectivity index (χ0v) is 21.2. The number of hydrogen-bond acceptors (Lipinski definition) is 4. The molecule has 0 spiro atoms. The zero-order chi connectivity index (χ0) is 22.1. The molecule has 0 atom stereocenters. The lowest BCUT2D eigenvalue weighted by atomic mass is 9.90. The fourth-order valence-corrected chi connectivity index (χ4v) is 4.26. The molecule has 8 nitrogen and oxygen atoms in total. The number of halogens is 1. The molecule has 0 unspecified atom stereocenters. The summed E-state index contributed by atoms with van der Waals surface area (Å²) in [6.07, 6.45) is 4.41. The highest BCUT2D eigenvalue weighted by atomic mass is 127. The van der Waals surface area contributed by atoms with Crippen molar-refractivity contribution in [3.8, 4) is 0 Å². The molecule has 9 heteroatoms. The van der Waals surface area contributed by atoms with Gasteiger partial charge < -0.3 is 25.6 Å². The topological polar surface area (TPSA) is 100 Å². The molecule has 1 aromatic rings. The first-order chi connectivity index (χ1) is 15.0. The zero-order valence-electron chi connectivity index (χ0n) is 18.9. The maximum Gasteiger partial charge on any atom is 0.409 e. The number of nitrogens with zero attached hydrogens (tertiary/aromatic N) is 3. The Morgan fingerprint density at radius 3 is 2.31 bits per heavy atom. The fraction of sp³-hybridized carbons (Fsp3) is 0.609. The van der Waals surface area contributed by atoms with Crippen LogP contribution in [0.4, 0.5) is 4.79 Å². The molecular weight excluding hydrogens is 521 g/mol. The van der Waals surface area contributed by atoms with E-state index in [-0.39, 0.29) is 48.6 Å². The van der Waals surface area contributed by atoms with Gasteiger partial charge in [-0.2, -0.15) is 0 Å². The minimum absolute atomic E-state index is 0. The lowest BCUT2D eigenvalue weighted by Gasteiger charge is -2.32. The number of piperidine rings is 2. The Bertz CT molecular complexity index is 745. The van der Waals surface area contributed by atoms with Crippen LogP contribution < -0.4 is 11.1 Å². The van der Waals surface area contributed by atoms with Crippen molar-refractivity contribution in [3.05, 3.63) is 35.9 Å². The van der Waals surface area contributed by atoms with Crippen LogP contribution in [0.5, 0.6) is 0 Å². The molecule has 0 saturated carbocycles. The van der Waals surface area contributed by atoms with E-state index < -0.39 is 0 Å². The van der Waals surface area contributed by atoms with Crippen molar-refractivity contribution in [3.63, 3.8) is 0 Å². The number of ether oxygens (including phenoxy) is 1. The Morgan fingerprint density at radius 2 is 1.69 bits per heavy atom. The third kappa shape index (κ3) is 8.14. The number of amides is 2. The second kappa shape index (κ2) is 13.5. The van der Waals surface area contributed by atoms with Gasteiger partial charge in [-0.25, -0.2) is 9.79 Å². The number of guanidine groups is 1. The molecule has 3 N–H and O–H groups in total. The first kappa shape index (κ1) is 26.2. The van der Waals surface area contributed by atoms with Crippen molar-refractivity contribution in [1.29, 1.82) is 0 Å². The van der Waals surface area contributed by atoms with E-state index in [2.05, 4.69) is 34.6 Å². The van der Waals surface area contributed by atoms with Crippen molar-refractivity contribution in [2.75, 3.05) is 39.3 Å². The van der Waals surface area contributed by atoms with E-state index in [1.54, 1.807) is 11.8 Å². The molecule has 3 rings (SSSR count). The van der Waals surface area contributed by atoms with Gasteiger partial charge in [-0.05, 0) is 50.5 Å². The highest BCUT2D eigenvalue weighted by Gasteiger charge is 2.25. The van der Waals surface area contributed by atoms with Crippen molar-refractivity contribution in [2.24, 2.45) is 16.6 Å². The lowest BCUT2D eigenvalue weighted by Crippen LogP contribution is -2.49. The van der Waals surface area contributed by atoms with Crippen LogP contribution in [-0.2, 0) is 16.0 Å². The average Bonchev–Trinajstić information content (AvgIpc) is 2.79. The number of likely N-dealkylation sites (tertiary alicyclic amines) is 2. The van der Waals surface area contributed by atoms with Crippen molar-refractivity contribution in [2.45, 2.75) is 45.1 Å². The Balaban J connectivity index is 0.00000363. The van der Waals surface area contributed by atoms with Gasteiger partial charge in [0, 0.05) is 32.2 Å². The van der Waals surface area contributed by atoms with Crippen LogP contribution in [-0.4, -0.2) is 73.1 Å². The first-order valence-corrected chi connectivity index (χ1v) is 11.3. The molecule has 0 radical (unpaired) electrons. The third-order valence-corrected chi connectivity index (χ3v) is 6.09. The van der Waals surface area contributed by atoms with E-state index in [0.717, 1.165) is 45.2 Å². The summed E-state index contributed by atoms with van der Waals surface area (Å²) in [5.74, 6) is 0.948. The van der Waals surface area contributed by atoms with Crippen molar-refractivity contribution < 1.29 is 14.3 Å². The predicted octanol–water partition coefficient (Wildman–Crippen LogP) is 2.61. The summed E-state index contributed by atoms with van der Waals surface area (Å²) >= 11 is 0. The largest absolute Gasteiger partial charge is 0.450 e. The second-order valence-corrected chi connectivity index (χ2v) is 8.32. The van der Waals surface area contributed by atoms with Crippen LogP contribution in [0.3, 0.4) is 0 Å². The van der Waals surface area contributed by atoms with Crippen molar-refractivity contribution in [1.82, 2.24) is 15.1 Å². The van der Waals surface area contributed by atoms with E-state index in [9.17, 15) is 9.59 Å². The number of rotatable bonds is 6. The van der Waals surface area contributed by atoms with E-state index in [1.807, 2.05) is 11.0 Å². The lowest BCUT2D eigenvalue weighted by molar-refractivity contribution is -0.130. The molecule has 178 valence electrons. The quantitative estimate of drug-likeness (QED) is 0.318. The fourth-order valence-electron chi connectivity index (χ4n) is 4.26. The summed E-state index contributed by atoms with van der Waals surface area (Å²) < 4.78 is 5.03. The summed E-state index contributed by atoms with van der Waals surface area (Å²) in [5, 5.41) is 3.18. The van der Waals surface area contributed by atoms with Gasteiger partial charge in [0.2, 0.25) is 5.91 Å². The molecule has 1 aromatic carbocycles. The van der Waals surface area contributed by atoms with Crippen LogP contribution in [0, 0.1) is 5.92 Å². The molecule has 2 amide bonds. The highest BCUT2D eigenvalue weighted by molar-refractivity contribution is 14.0. The Labute approximate surface area is 208 Å². The second-order valence-electron chi connectivity index (χ2n) is 8.32. The standard InChI is InChI=1S/C23H35N5O3.HI/c1-2-31-23(30)28-14-10-20(11-15-28)26-22(24)25-17-21(29)27-12-8-19(9-13-27)16-18-6-4-3-5-7-18;/h3-7,19-20H,2,8-17H2,1H3,(H3,24,25,26);1H. The molecule has 2 aliphatic heterocycles. The van der Waals surface area contributed by atoms with Gasteiger partial charge in [-0.3, -0.25) is 4.79 Å². The molecule has 2 saturated heterocycles. The summed E-state index contributed by atoms with van der Waals surface area (Å²) in [4.78, 5) is 32.1. The first-order valence-electron chi connectivity index (χ1n) is 11.3. The van der Waals surface area contributed by atoms with E-state index in [1.165, 1.54) is 5.56 Å². The molecule has 2 aliphatic rings. The van der Waals surface area contributed by atoms with Gasteiger partial charge in [0.15, 0.2) is 5.96 Å². The SMILES string of the molecule is CCOC(=O)N1CCC(NC(N)=NCC(=O)N2CCC(Cc3ccccc3)CC2)CC1.I. The number of carbonyl (C=O) groups is 2. The number of nitrogens with one attached hydrogen (secondary N) is 1. The highest BCUT2D eigenvalue weighted by Crippen LogP contribution is 2.21. The van der Waals surface area contributed by atoms with Crippen LogP contribution in [0.1, 0.15) is 38.2 Å². The third-order valence-electron chi connectivity index (χ3n) is 6.09. The van der Waals surface area contributed by atoms with Gasteiger partial charge >= 0.3 is 6.09 Å². The normalized spacial score (nSPS) is 18.1. The van der Waals surface area contributed by atoms with Crippen LogP contribution >= 0.6 is 24.0 Å².